The lowest BCUT2D eigenvalue weighted by molar-refractivity contribution is 0.108. The molecular formula is C21H21N3O2S2. The van der Waals surface area contributed by atoms with Gasteiger partial charge in [-0.1, -0.05) is 35.6 Å². The van der Waals surface area contributed by atoms with Crippen LogP contribution in [-0.2, 0) is 0 Å². The van der Waals surface area contributed by atoms with Gasteiger partial charge >= 0.3 is 0 Å². The number of benzene rings is 2. The molecule has 0 bridgehead atoms. The molecular weight excluding hydrogens is 390 g/mol. The molecule has 3 aromatic rings. The van der Waals surface area contributed by atoms with Gasteiger partial charge in [-0.15, -0.1) is 16.8 Å². The maximum absolute atomic E-state index is 12.2. The topological polar surface area (TPSA) is 74.9 Å². The van der Waals surface area contributed by atoms with Crippen LogP contribution in [0.3, 0.4) is 0 Å². The van der Waals surface area contributed by atoms with Crippen molar-refractivity contribution in [2.75, 3.05) is 0 Å². The van der Waals surface area contributed by atoms with Crippen LogP contribution in [0.25, 0.3) is 0 Å². The third kappa shape index (κ3) is 6.14. The van der Waals surface area contributed by atoms with Crippen molar-refractivity contribution in [3.05, 3.63) is 77.5 Å². The molecule has 1 heterocycles. The van der Waals surface area contributed by atoms with Gasteiger partial charge in [-0.05, 0) is 67.9 Å². The Morgan fingerprint density at radius 3 is 2.39 bits per heavy atom. The van der Waals surface area contributed by atoms with Crippen LogP contribution in [0.5, 0.6) is 5.75 Å². The minimum atomic E-state index is -0.117. The molecule has 0 radical (unpaired) electrons. The molecule has 0 spiro atoms. The molecule has 144 valence electrons. The number of carbonyl (C=O) groups is 1. The normalized spacial score (nSPS) is 10.4. The summed E-state index contributed by atoms with van der Waals surface area (Å²) in [5, 5.41) is 18.9. The summed E-state index contributed by atoms with van der Waals surface area (Å²) in [4.78, 5) is 17.2. The van der Waals surface area contributed by atoms with E-state index < -0.39 is 0 Å². The van der Waals surface area contributed by atoms with Crippen LogP contribution in [0.4, 0.5) is 10.7 Å². The van der Waals surface area contributed by atoms with E-state index in [9.17, 15) is 9.90 Å². The third-order valence-electron chi connectivity index (χ3n) is 3.36. The van der Waals surface area contributed by atoms with Gasteiger partial charge in [0.2, 0.25) is 0 Å². The number of thioether (sulfide) groups is 1. The third-order valence-corrected chi connectivity index (χ3v) is 5.26. The Balaban J connectivity index is 0.000000878. The van der Waals surface area contributed by atoms with Crippen molar-refractivity contribution in [3.63, 3.8) is 0 Å². The predicted octanol–water partition coefficient (Wildman–Crippen LogP) is 7.01. The number of aromatic nitrogens is 1. The van der Waals surface area contributed by atoms with E-state index in [1.54, 1.807) is 18.2 Å². The Morgan fingerprint density at radius 2 is 1.79 bits per heavy atom. The van der Waals surface area contributed by atoms with E-state index in [4.69, 9.17) is 0 Å². The minimum Gasteiger partial charge on any atom is -0.507 e. The van der Waals surface area contributed by atoms with Crippen molar-refractivity contribution >= 4 is 38.9 Å². The molecule has 3 rings (SSSR count). The maximum atomic E-state index is 12.2. The summed E-state index contributed by atoms with van der Waals surface area (Å²) in [5.41, 5.74) is 2.13. The number of carbonyl (C=O) groups excluding carboxylic acids is 1. The van der Waals surface area contributed by atoms with Gasteiger partial charge in [0.05, 0.1) is 11.9 Å². The van der Waals surface area contributed by atoms with Gasteiger partial charge in [0.25, 0.3) is 5.12 Å². The number of phenols is 1. The van der Waals surface area contributed by atoms with E-state index in [1.807, 2.05) is 51.1 Å². The van der Waals surface area contributed by atoms with Crippen molar-refractivity contribution in [1.29, 1.82) is 0 Å². The first-order chi connectivity index (χ1) is 13.4. The average Bonchev–Trinajstić information content (AvgIpc) is 3.15. The molecule has 0 saturated carbocycles. The van der Waals surface area contributed by atoms with Gasteiger partial charge in [-0.2, -0.15) is 0 Å². The second-order valence-corrected chi connectivity index (χ2v) is 7.80. The van der Waals surface area contributed by atoms with Crippen molar-refractivity contribution < 1.29 is 9.90 Å². The van der Waals surface area contributed by atoms with Crippen LogP contribution in [0.1, 0.15) is 27.9 Å². The fourth-order valence-corrected chi connectivity index (χ4v) is 3.61. The minimum absolute atomic E-state index is 0.117. The predicted molar refractivity (Wildman–Crippen MR) is 116 cm³/mol. The number of thiazole rings is 1. The average molecular weight is 412 g/mol. The van der Waals surface area contributed by atoms with Crippen LogP contribution >= 0.6 is 23.1 Å². The van der Waals surface area contributed by atoms with E-state index in [1.165, 1.54) is 17.5 Å². The highest BCUT2D eigenvalue weighted by molar-refractivity contribution is 8.14. The van der Waals surface area contributed by atoms with Crippen molar-refractivity contribution in [2.24, 2.45) is 10.2 Å². The summed E-state index contributed by atoms with van der Waals surface area (Å²) in [6, 6.07) is 13.0. The largest absolute Gasteiger partial charge is 0.507 e. The zero-order valence-corrected chi connectivity index (χ0v) is 17.5. The molecule has 0 saturated heterocycles. The molecule has 0 aliphatic carbocycles. The fraction of sp³-hybridized carbons (Fsp3) is 0.143. The molecule has 0 unspecified atom stereocenters. The van der Waals surface area contributed by atoms with E-state index in [0.29, 0.717) is 15.7 Å². The highest BCUT2D eigenvalue weighted by atomic mass is 32.2. The number of rotatable bonds is 4. The van der Waals surface area contributed by atoms with E-state index >= 15 is 0 Å². The van der Waals surface area contributed by atoms with Crippen LogP contribution in [0.2, 0.25) is 0 Å². The number of aromatic hydroxyl groups is 1. The quantitative estimate of drug-likeness (QED) is 0.285. The molecule has 5 nitrogen and oxygen atoms in total. The molecule has 7 heteroatoms. The summed E-state index contributed by atoms with van der Waals surface area (Å²) in [6.07, 6.45) is 3.28. The number of nitrogens with zero attached hydrogens (tertiary/aromatic N) is 3. The van der Waals surface area contributed by atoms with Crippen LogP contribution in [0.15, 0.2) is 76.4 Å². The van der Waals surface area contributed by atoms with Crippen LogP contribution < -0.4 is 0 Å². The van der Waals surface area contributed by atoms with Gasteiger partial charge in [0, 0.05) is 4.90 Å². The second-order valence-electron chi connectivity index (χ2n) is 5.74. The van der Waals surface area contributed by atoms with Gasteiger partial charge in [-0.25, -0.2) is 4.98 Å². The Hall–Kier alpha value is -2.77. The SMILES string of the molecule is C=CC.Cc1cc(N=Nc2cnc(C(=O)Sc3ccccc3)s2)cc(C)c1O. The van der Waals surface area contributed by atoms with E-state index in [2.05, 4.69) is 21.8 Å². The summed E-state index contributed by atoms with van der Waals surface area (Å²) >= 11 is 2.34. The number of hydrogen-bond acceptors (Lipinski definition) is 7. The highest BCUT2D eigenvalue weighted by Crippen LogP contribution is 2.31. The zero-order valence-electron chi connectivity index (χ0n) is 15.9. The summed E-state index contributed by atoms with van der Waals surface area (Å²) in [7, 11) is 0. The van der Waals surface area contributed by atoms with E-state index in [0.717, 1.165) is 27.8 Å². The molecule has 2 aromatic carbocycles. The van der Waals surface area contributed by atoms with Crippen molar-refractivity contribution in [2.45, 2.75) is 25.7 Å². The number of allylic oxidation sites excluding steroid dienone is 1. The van der Waals surface area contributed by atoms with E-state index in [-0.39, 0.29) is 10.9 Å². The van der Waals surface area contributed by atoms with Gasteiger partial charge in [0.15, 0.2) is 10.0 Å². The molecule has 0 amide bonds. The Morgan fingerprint density at radius 1 is 1.18 bits per heavy atom. The lowest BCUT2D eigenvalue weighted by Crippen LogP contribution is -1.90. The number of aryl methyl sites for hydroxylation is 2. The van der Waals surface area contributed by atoms with Gasteiger partial charge < -0.3 is 5.11 Å². The molecule has 1 aromatic heterocycles. The summed E-state index contributed by atoms with van der Waals surface area (Å²) < 4.78 is 0. The smallest absolute Gasteiger partial charge is 0.252 e. The summed E-state index contributed by atoms with van der Waals surface area (Å²) in [5.74, 6) is 0.266. The number of azo groups is 1. The van der Waals surface area contributed by atoms with Crippen molar-refractivity contribution in [3.8, 4) is 5.75 Å². The highest BCUT2D eigenvalue weighted by Gasteiger charge is 2.13. The monoisotopic (exact) mass is 411 g/mol. The molecule has 28 heavy (non-hydrogen) atoms. The lowest BCUT2D eigenvalue weighted by Gasteiger charge is -2.03. The van der Waals surface area contributed by atoms with Crippen LogP contribution in [-0.4, -0.2) is 15.2 Å². The molecule has 0 fully saturated rings. The van der Waals surface area contributed by atoms with Crippen LogP contribution in [0, 0.1) is 13.8 Å². The number of phenolic OH excluding ortho intramolecular Hbond substituents is 1. The number of hydrogen-bond donors (Lipinski definition) is 1. The van der Waals surface area contributed by atoms with Crippen molar-refractivity contribution in [1.82, 2.24) is 4.98 Å². The second kappa shape index (κ2) is 10.5. The fourth-order valence-electron chi connectivity index (χ4n) is 2.14. The first kappa shape index (κ1) is 21.5. The first-order valence-corrected chi connectivity index (χ1v) is 10.1. The standard InChI is InChI=1S/C18H15N3O2S2.C3H6/c1-11-8-13(9-12(2)16(11)22)20-21-15-10-19-17(25-15)18(23)24-14-6-4-3-5-7-14;1-3-2/h3-10,22H,1-2H3;3H,1H2,2H3. The molecule has 0 atom stereocenters. The molecule has 0 aliphatic rings. The Labute approximate surface area is 172 Å². The zero-order chi connectivity index (χ0) is 20.5. The maximum Gasteiger partial charge on any atom is 0.252 e. The molecule has 0 aliphatic heterocycles. The van der Waals surface area contributed by atoms with Gasteiger partial charge in [-0.3, -0.25) is 4.79 Å². The first-order valence-electron chi connectivity index (χ1n) is 8.46. The Kier molecular flexibility index (Phi) is 8.10. The summed E-state index contributed by atoms with van der Waals surface area (Å²) in [6.45, 7) is 8.87. The van der Waals surface area contributed by atoms with Gasteiger partial charge in [0.1, 0.15) is 5.75 Å². The lowest BCUT2D eigenvalue weighted by atomic mass is 10.1. The Bertz CT molecular complexity index is 959. The molecule has 1 N–H and O–H groups in total.